The van der Waals surface area contributed by atoms with Gasteiger partial charge in [0.05, 0.1) is 11.8 Å². The van der Waals surface area contributed by atoms with Crippen LogP contribution in [0.2, 0.25) is 0 Å². The molecule has 0 saturated carbocycles. The zero-order valence-electron chi connectivity index (χ0n) is 15.8. The maximum Gasteiger partial charge on any atom is 0.228 e. The van der Waals surface area contributed by atoms with Crippen molar-refractivity contribution >= 4 is 22.3 Å². The zero-order valence-corrected chi connectivity index (χ0v) is 15.8. The number of fused-ring (bicyclic) bond motifs is 1. The fourth-order valence-corrected chi connectivity index (χ4v) is 3.79. The van der Waals surface area contributed by atoms with Gasteiger partial charge in [-0.3, -0.25) is 14.4 Å². The highest BCUT2D eigenvalue weighted by Crippen LogP contribution is 2.31. The number of carbonyl (C=O) groups is 1. The average molecular weight is 363 g/mol. The Bertz CT molecular complexity index is 998. The van der Waals surface area contributed by atoms with Crippen molar-refractivity contribution in [3.05, 3.63) is 65.8 Å². The van der Waals surface area contributed by atoms with Crippen molar-refractivity contribution in [3.8, 4) is 0 Å². The van der Waals surface area contributed by atoms with Crippen molar-refractivity contribution in [2.24, 2.45) is 0 Å². The molecule has 3 heterocycles. The van der Waals surface area contributed by atoms with Crippen LogP contribution < -0.4 is 5.84 Å². The molecule has 1 atom stereocenters. The summed E-state index contributed by atoms with van der Waals surface area (Å²) in [5.41, 5.74) is 3.95. The van der Waals surface area contributed by atoms with Crippen LogP contribution in [0.4, 0.5) is 0 Å². The van der Waals surface area contributed by atoms with E-state index in [-0.39, 0.29) is 5.78 Å². The molecule has 1 unspecified atom stereocenters. The van der Waals surface area contributed by atoms with Gasteiger partial charge in [0, 0.05) is 41.8 Å². The minimum absolute atomic E-state index is 0.113. The standard InChI is InChI=1S/C22H25N3O2/c1-3-15(2)24-10-8-16(9-11-24)19-14-25(23)20-7-6-17(13-18(19)20)22(26)21-5-4-12-27-21/h4-8,12-15H,3,9-11,23H2,1-2H3. The SMILES string of the molecule is CCC(C)N1CC=C(c2cn(N)c3ccc(C(=O)c4ccco4)cc23)CC1. The Morgan fingerprint density at radius 2 is 2.19 bits per heavy atom. The minimum atomic E-state index is -0.113. The lowest BCUT2D eigenvalue weighted by Crippen LogP contribution is -2.35. The Kier molecular flexibility index (Phi) is 4.62. The number of nitrogens with zero attached hydrogens (tertiary/aromatic N) is 2. The van der Waals surface area contributed by atoms with Crippen LogP contribution in [0.1, 0.15) is 48.4 Å². The largest absolute Gasteiger partial charge is 0.461 e. The van der Waals surface area contributed by atoms with E-state index >= 15 is 0 Å². The van der Waals surface area contributed by atoms with Gasteiger partial charge in [-0.05, 0) is 55.7 Å². The molecule has 0 saturated heterocycles. The highest BCUT2D eigenvalue weighted by molar-refractivity contribution is 6.09. The van der Waals surface area contributed by atoms with E-state index in [4.69, 9.17) is 10.3 Å². The molecule has 5 nitrogen and oxygen atoms in total. The van der Waals surface area contributed by atoms with E-state index in [2.05, 4.69) is 24.8 Å². The summed E-state index contributed by atoms with van der Waals surface area (Å²) in [7, 11) is 0. The highest BCUT2D eigenvalue weighted by atomic mass is 16.3. The Balaban J connectivity index is 1.70. The Hall–Kier alpha value is -2.79. The number of nitrogens with two attached hydrogens (primary N) is 1. The number of carbonyl (C=O) groups excluding carboxylic acids is 1. The molecule has 27 heavy (non-hydrogen) atoms. The van der Waals surface area contributed by atoms with Crippen LogP contribution in [-0.2, 0) is 0 Å². The van der Waals surface area contributed by atoms with Crippen LogP contribution in [-0.4, -0.2) is 34.5 Å². The third-order valence-corrected chi connectivity index (χ3v) is 5.64. The fraction of sp³-hybridized carbons (Fsp3) is 0.318. The Labute approximate surface area is 159 Å². The van der Waals surface area contributed by atoms with Gasteiger partial charge in [0.25, 0.3) is 0 Å². The monoisotopic (exact) mass is 363 g/mol. The molecule has 3 aromatic rings. The van der Waals surface area contributed by atoms with Crippen LogP contribution in [0.25, 0.3) is 16.5 Å². The predicted molar refractivity (Wildman–Crippen MR) is 108 cm³/mol. The number of rotatable bonds is 5. The first kappa shape index (κ1) is 17.6. The van der Waals surface area contributed by atoms with Crippen molar-refractivity contribution in [3.63, 3.8) is 0 Å². The van der Waals surface area contributed by atoms with E-state index in [0.29, 0.717) is 17.4 Å². The molecule has 0 aliphatic carbocycles. The smallest absolute Gasteiger partial charge is 0.228 e. The second-order valence-corrected chi connectivity index (χ2v) is 7.22. The molecule has 2 N–H and O–H groups in total. The summed E-state index contributed by atoms with van der Waals surface area (Å²) in [4.78, 5) is 15.1. The molecule has 0 spiro atoms. The summed E-state index contributed by atoms with van der Waals surface area (Å²) in [5.74, 6) is 6.42. The third kappa shape index (κ3) is 3.19. The maximum absolute atomic E-state index is 12.6. The molecule has 5 heteroatoms. The summed E-state index contributed by atoms with van der Waals surface area (Å²) >= 11 is 0. The quantitative estimate of drug-likeness (QED) is 0.548. The second kappa shape index (κ2) is 7.08. The van der Waals surface area contributed by atoms with E-state index < -0.39 is 0 Å². The number of nitrogen functional groups attached to an aromatic ring is 1. The molecule has 4 rings (SSSR count). The van der Waals surface area contributed by atoms with Gasteiger partial charge in [0.1, 0.15) is 0 Å². The van der Waals surface area contributed by atoms with E-state index in [0.717, 1.165) is 42.4 Å². The summed E-state index contributed by atoms with van der Waals surface area (Å²) < 4.78 is 6.91. The van der Waals surface area contributed by atoms with E-state index in [1.165, 1.54) is 11.8 Å². The van der Waals surface area contributed by atoms with Crippen molar-refractivity contribution < 1.29 is 9.21 Å². The molecule has 0 amide bonds. The lowest BCUT2D eigenvalue weighted by Gasteiger charge is -2.31. The summed E-state index contributed by atoms with van der Waals surface area (Å²) in [6.07, 6.45) is 7.93. The topological polar surface area (TPSA) is 64.4 Å². The van der Waals surface area contributed by atoms with Gasteiger partial charge < -0.3 is 10.3 Å². The summed E-state index contributed by atoms with van der Waals surface area (Å²) in [5, 5.41) is 1.01. The number of hydrogen-bond acceptors (Lipinski definition) is 4. The van der Waals surface area contributed by atoms with Crippen LogP contribution in [0.3, 0.4) is 0 Å². The molecule has 2 aromatic heterocycles. The second-order valence-electron chi connectivity index (χ2n) is 7.22. The van der Waals surface area contributed by atoms with E-state index in [1.807, 2.05) is 18.3 Å². The highest BCUT2D eigenvalue weighted by Gasteiger charge is 2.20. The molecular weight excluding hydrogens is 338 g/mol. The molecular formula is C22H25N3O2. The van der Waals surface area contributed by atoms with Gasteiger partial charge in [0.2, 0.25) is 5.78 Å². The van der Waals surface area contributed by atoms with Crippen LogP contribution in [0, 0.1) is 0 Å². The first-order chi connectivity index (χ1) is 13.1. The first-order valence-electron chi connectivity index (χ1n) is 9.50. The normalized spacial score (nSPS) is 16.4. The molecule has 140 valence electrons. The van der Waals surface area contributed by atoms with Crippen LogP contribution >= 0.6 is 0 Å². The van der Waals surface area contributed by atoms with Gasteiger partial charge in [-0.25, -0.2) is 0 Å². The molecule has 1 aliphatic rings. The van der Waals surface area contributed by atoms with Crippen molar-refractivity contribution in [1.82, 2.24) is 9.58 Å². The number of ketones is 1. The van der Waals surface area contributed by atoms with Gasteiger partial charge in [-0.2, -0.15) is 0 Å². The van der Waals surface area contributed by atoms with Crippen molar-refractivity contribution in [2.75, 3.05) is 18.9 Å². The van der Waals surface area contributed by atoms with Gasteiger partial charge in [0.15, 0.2) is 5.76 Å². The fourth-order valence-electron chi connectivity index (χ4n) is 3.79. The van der Waals surface area contributed by atoms with E-state index in [9.17, 15) is 4.79 Å². The minimum Gasteiger partial charge on any atom is -0.461 e. The first-order valence-corrected chi connectivity index (χ1v) is 9.50. The lowest BCUT2D eigenvalue weighted by atomic mass is 9.96. The van der Waals surface area contributed by atoms with Crippen molar-refractivity contribution in [1.29, 1.82) is 0 Å². The van der Waals surface area contributed by atoms with Crippen LogP contribution in [0.5, 0.6) is 0 Å². The summed E-state index contributed by atoms with van der Waals surface area (Å²) in [6, 6.07) is 9.65. The average Bonchev–Trinajstić information content (AvgIpc) is 3.35. The molecule has 0 fully saturated rings. The Morgan fingerprint density at radius 3 is 2.85 bits per heavy atom. The third-order valence-electron chi connectivity index (χ3n) is 5.64. The summed E-state index contributed by atoms with van der Waals surface area (Å²) in [6.45, 7) is 6.50. The number of furan rings is 1. The lowest BCUT2D eigenvalue weighted by molar-refractivity contribution is 0.101. The number of aromatic nitrogens is 1. The number of hydrogen-bond donors (Lipinski definition) is 1. The maximum atomic E-state index is 12.6. The molecule has 0 radical (unpaired) electrons. The van der Waals surface area contributed by atoms with Crippen LogP contribution in [0.15, 0.2) is 53.3 Å². The van der Waals surface area contributed by atoms with Gasteiger partial charge in [-0.15, -0.1) is 0 Å². The Morgan fingerprint density at radius 1 is 1.33 bits per heavy atom. The van der Waals surface area contributed by atoms with Gasteiger partial charge in [-0.1, -0.05) is 13.0 Å². The predicted octanol–water partition coefficient (Wildman–Crippen LogP) is 4.07. The van der Waals surface area contributed by atoms with Gasteiger partial charge >= 0.3 is 0 Å². The molecule has 1 aliphatic heterocycles. The number of benzene rings is 1. The zero-order chi connectivity index (χ0) is 19.0. The molecule has 0 bridgehead atoms. The molecule has 1 aromatic carbocycles. The van der Waals surface area contributed by atoms with Crippen molar-refractivity contribution in [2.45, 2.75) is 32.7 Å². The van der Waals surface area contributed by atoms with E-state index in [1.54, 1.807) is 22.9 Å².